The third-order valence-corrected chi connectivity index (χ3v) is 3.73. The van der Waals surface area contributed by atoms with Crippen molar-refractivity contribution in [1.29, 1.82) is 0 Å². The Morgan fingerprint density at radius 1 is 0.625 bits per heavy atom. The predicted octanol–water partition coefficient (Wildman–Crippen LogP) is 3.35. The van der Waals surface area contributed by atoms with E-state index in [1.54, 1.807) is 28.4 Å². The molecular formula is C18H24N2O4. The van der Waals surface area contributed by atoms with Crippen LogP contribution in [0.2, 0.25) is 0 Å². The first kappa shape index (κ1) is 17.7. The molecule has 0 aliphatic rings. The Hall–Kier alpha value is -2.60. The molecule has 0 fully saturated rings. The van der Waals surface area contributed by atoms with E-state index in [-0.39, 0.29) is 0 Å². The topological polar surface area (TPSA) is 66.2 Å². The van der Waals surface area contributed by atoms with Crippen molar-refractivity contribution in [3.63, 3.8) is 0 Å². The van der Waals surface area contributed by atoms with Gasteiger partial charge in [0.15, 0.2) is 0 Å². The number of hydrogen-bond donors (Lipinski definition) is 1. The lowest BCUT2D eigenvalue weighted by molar-refractivity contribution is 0.388. The predicted molar refractivity (Wildman–Crippen MR) is 94.9 cm³/mol. The number of aryl methyl sites for hydroxylation is 2. The van der Waals surface area contributed by atoms with Gasteiger partial charge in [0, 0.05) is 0 Å². The highest BCUT2D eigenvalue weighted by Crippen LogP contribution is 2.47. The summed E-state index contributed by atoms with van der Waals surface area (Å²) in [6.45, 7) is 3.92. The molecule has 0 aromatic heterocycles. The maximum absolute atomic E-state index is 6.44. The van der Waals surface area contributed by atoms with E-state index in [1.165, 1.54) is 5.01 Å². The molecule has 0 atom stereocenters. The molecule has 24 heavy (non-hydrogen) atoms. The van der Waals surface area contributed by atoms with Crippen LogP contribution in [0, 0.1) is 13.8 Å². The highest BCUT2D eigenvalue weighted by atomic mass is 16.5. The van der Waals surface area contributed by atoms with Crippen LogP contribution < -0.4 is 29.8 Å². The van der Waals surface area contributed by atoms with Gasteiger partial charge in [0.05, 0.1) is 28.4 Å². The molecule has 6 nitrogen and oxygen atoms in total. The van der Waals surface area contributed by atoms with Crippen LogP contribution in [-0.2, 0) is 0 Å². The van der Waals surface area contributed by atoms with E-state index >= 15 is 0 Å². The van der Waals surface area contributed by atoms with Crippen LogP contribution in [0.5, 0.6) is 23.0 Å². The Morgan fingerprint density at radius 3 is 1.08 bits per heavy atom. The van der Waals surface area contributed by atoms with Gasteiger partial charge in [0.2, 0.25) is 0 Å². The van der Waals surface area contributed by atoms with Crippen molar-refractivity contribution >= 4 is 11.4 Å². The molecule has 0 radical (unpaired) electrons. The summed E-state index contributed by atoms with van der Waals surface area (Å²) >= 11 is 0. The SMILES string of the molecule is COc1cc(C)cc(OC)c1N(N)c1c(OC)cc(C)cc1OC. The zero-order chi connectivity index (χ0) is 17.9. The van der Waals surface area contributed by atoms with Gasteiger partial charge in [-0.25, -0.2) is 5.84 Å². The van der Waals surface area contributed by atoms with E-state index in [4.69, 9.17) is 24.8 Å². The highest BCUT2D eigenvalue weighted by Gasteiger charge is 2.24. The second kappa shape index (κ2) is 7.31. The monoisotopic (exact) mass is 332 g/mol. The van der Waals surface area contributed by atoms with Gasteiger partial charge in [-0.15, -0.1) is 0 Å². The lowest BCUT2D eigenvalue weighted by Crippen LogP contribution is -2.27. The van der Waals surface area contributed by atoms with E-state index in [0.717, 1.165) is 11.1 Å². The molecule has 2 aromatic rings. The number of rotatable bonds is 6. The molecule has 6 heteroatoms. The van der Waals surface area contributed by atoms with Gasteiger partial charge in [-0.3, -0.25) is 5.01 Å². The summed E-state index contributed by atoms with van der Waals surface area (Å²) in [6, 6.07) is 7.57. The quantitative estimate of drug-likeness (QED) is 0.646. The Kier molecular flexibility index (Phi) is 5.41. The normalized spacial score (nSPS) is 10.3. The molecule has 0 bridgehead atoms. The third kappa shape index (κ3) is 3.19. The number of anilines is 2. The molecule has 0 aliphatic heterocycles. The first-order chi connectivity index (χ1) is 11.5. The van der Waals surface area contributed by atoms with Crippen molar-refractivity contribution in [2.75, 3.05) is 33.4 Å². The summed E-state index contributed by atoms with van der Waals surface area (Å²) in [4.78, 5) is 0. The largest absolute Gasteiger partial charge is 0.494 e. The average Bonchev–Trinajstić information content (AvgIpc) is 2.59. The molecule has 0 saturated heterocycles. The lowest BCUT2D eigenvalue weighted by atomic mass is 10.1. The molecule has 2 N–H and O–H groups in total. The lowest BCUT2D eigenvalue weighted by Gasteiger charge is -2.27. The number of methoxy groups -OCH3 is 4. The molecule has 130 valence electrons. The number of nitrogens with two attached hydrogens (primary N) is 1. The maximum Gasteiger partial charge on any atom is 0.148 e. The van der Waals surface area contributed by atoms with Crippen LogP contribution in [0.1, 0.15) is 11.1 Å². The van der Waals surface area contributed by atoms with Crippen LogP contribution in [0.4, 0.5) is 11.4 Å². The fourth-order valence-electron chi connectivity index (χ4n) is 2.64. The molecule has 0 saturated carbocycles. The van der Waals surface area contributed by atoms with Crippen molar-refractivity contribution in [2.45, 2.75) is 13.8 Å². The van der Waals surface area contributed by atoms with Crippen molar-refractivity contribution in [3.8, 4) is 23.0 Å². The smallest absolute Gasteiger partial charge is 0.148 e. The molecule has 0 amide bonds. The second-order valence-electron chi connectivity index (χ2n) is 5.41. The average molecular weight is 332 g/mol. The molecule has 0 unspecified atom stereocenters. The summed E-state index contributed by atoms with van der Waals surface area (Å²) in [5.74, 6) is 8.82. The van der Waals surface area contributed by atoms with E-state index < -0.39 is 0 Å². The van der Waals surface area contributed by atoms with Crippen molar-refractivity contribution in [2.24, 2.45) is 5.84 Å². The molecular weight excluding hydrogens is 308 g/mol. The molecule has 0 aliphatic carbocycles. The first-order valence-electron chi connectivity index (χ1n) is 7.46. The minimum Gasteiger partial charge on any atom is -0.494 e. The zero-order valence-corrected chi connectivity index (χ0v) is 15.0. The number of ether oxygens (including phenoxy) is 4. The van der Waals surface area contributed by atoms with Crippen molar-refractivity contribution < 1.29 is 18.9 Å². The zero-order valence-electron chi connectivity index (χ0n) is 15.0. The number of hydrazine groups is 1. The summed E-state index contributed by atoms with van der Waals surface area (Å²) in [7, 11) is 6.37. The van der Waals surface area contributed by atoms with Crippen LogP contribution >= 0.6 is 0 Å². The third-order valence-electron chi connectivity index (χ3n) is 3.73. The van der Waals surface area contributed by atoms with E-state index in [0.29, 0.717) is 34.4 Å². The van der Waals surface area contributed by atoms with Crippen LogP contribution in [0.25, 0.3) is 0 Å². The van der Waals surface area contributed by atoms with E-state index in [1.807, 2.05) is 38.1 Å². The fraction of sp³-hybridized carbons (Fsp3) is 0.333. The van der Waals surface area contributed by atoms with Crippen LogP contribution in [0.3, 0.4) is 0 Å². The van der Waals surface area contributed by atoms with Gasteiger partial charge in [-0.1, -0.05) is 0 Å². The number of nitrogens with zero attached hydrogens (tertiary/aromatic N) is 1. The molecule has 2 aromatic carbocycles. The summed E-state index contributed by atoms with van der Waals surface area (Å²) in [5, 5.41) is 1.47. The fourth-order valence-corrected chi connectivity index (χ4v) is 2.64. The summed E-state index contributed by atoms with van der Waals surface area (Å²) < 4.78 is 22.0. The minimum atomic E-state index is 0.589. The Labute approximate surface area is 142 Å². The maximum atomic E-state index is 6.44. The second-order valence-corrected chi connectivity index (χ2v) is 5.41. The van der Waals surface area contributed by atoms with E-state index in [9.17, 15) is 0 Å². The Morgan fingerprint density at radius 2 is 0.875 bits per heavy atom. The van der Waals surface area contributed by atoms with Crippen LogP contribution in [0.15, 0.2) is 24.3 Å². The van der Waals surface area contributed by atoms with Gasteiger partial charge in [-0.2, -0.15) is 0 Å². The highest BCUT2D eigenvalue weighted by molar-refractivity contribution is 5.81. The number of benzene rings is 2. The Balaban J connectivity index is 2.72. The van der Waals surface area contributed by atoms with Crippen molar-refractivity contribution in [1.82, 2.24) is 0 Å². The molecule has 2 rings (SSSR count). The van der Waals surface area contributed by atoms with E-state index in [2.05, 4.69) is 0 Å². The van der Waals surface area contributed by atoms with Crippen molar-refractivity contribution in [3.05, 3.63) is 35.4 Å². The van der Waals surface area contributed by atoms with Gasteiger partial charge < -0.3 is 18.9 Å². The van der Waals surface area contributed by atoms with Gasteiger partial charge in [-0.05, 0) is 49.2 Å². The van der Waals surface area contributed by atoms with Gasteiger partial charge >= 0.3 is 0 Å². The first-order valence-corrected chi connectivity index (χ1v) is 7.46. The van der Waals surface area contributed by atoms with Gasteiger partial charge in [0.25, 0.3) is 0 Å². The Bertz CT molecular complexity index is 619. The van der Waals surface area contributed by atoms with Gasteiger partial charge in [0.1, 0.15) is 34.4 Å². The van der Waals surface area contributed by atoms with Crippen LogP contribution in [-0.4, -0.2) is 28.4 Å². The summed E-state index contributed by atoms with van der Waals surface area (Å²) in [5.41, 5.74) is 3.18. The molecule has 0 spiro atoms. The number of hydrogen-bond acceptors (Lipinski definition) is 6. The standard InChI is InChI=1S/C18H24N2O4/c1-11-7-13(21-3)17(14(8-11)22-4)20(19)18-15(23-5)9-12(2)10-16(18)24-6/h7-10H,19H2,1-6H3. The summed E-state index contributed by atoms with van der Waals surface area (Å²) in [6.07, 6.45) is 0. The minimum absolute atomic E-state index is 0.589. The molecule has 0 heterocycles.